The second-order valence-corrected chi connectivity index (χ2v) is 5.61. The van der Waals surface area contributed by atoms with E-state index in [1.165, 1.54) is 19.3 Å². The first-order valence-corrected chi connectivity index (χ1v) is 7.42. The van der Waals surface area contributed by atoms with Gasteiger partial charge in [0.2, 0.25) is 5.88 Å². The summed E-state index contributed by atoms with van der Waals surface area (Å²) < 4.78 is 5.54. The van der Waals surface area contributed by atoms with Crippen LogP contribution in [0.2, 0.25) is 0 Å². The molecule has 0 spiro atoms. The molecule has 0 aromatic carbocycles. The highest BCUT2D eigenvalue weighted by Gasteiger charge is 2.27. The van der Waals surface area contributed by atoms with Gasteiger partial charge in [-0.25, -0.2) is 9.97 Å². The molecule has 0 amide bonds. The number of hydrogen-bond acceptors (Lipinski definition) is 4. The van der Waals surface area contributed by atoms with Crippen LogP contribution in [0.15, 0.2) is 12.4 Å². The highest BCUT2D eigenvalue weighted by molar-refractivity contribution is 5.38. The molecule has 1 aliphatic carbocycles. The third-order valence-electron chi connectivity index (χ3n) is 4.14. The molecular formula is C15H25N3O. The molecular weight excluding hydrogens is 238 g/mol. The number of aromatic nitrogens is 2. The maximum absolute atomic E-state index is 5.54. The van der Waals surface area contributed by atoms with Crippen LogP contribution in [-0.2, 0) is 0 Å². The van der Waals surface area contributed by atoms with Crippen molar-refractivity contribution in [2.24, 2.45) is 11.8 Å². The van der Waals surface area contributed by atoms with Gasteiger partial charge in [0.1, 0.15) is 12.1 Å². The molecule has 0 aliphatic heterocycles. The van der Waals surface area contributed by atoms with Gasteiger partial charge in [-0.15, -0.1) is 0 Å². The van der Waals surface area contributed by atoms with Crippen molar-refractivity contribution in [3.63, 3.8) is 0 Å². The predicted octanol–water partition coefficient (Wildman–Crippen LogP) is 3.50. The van der Waals surface area contributed by atoms with E-state index in [0.29, 0.717) is 24.4 Å². The Kier molecular flexibility index (Phi) is 5.00. The fourth-order valence-corrected chi connectivity index (χ4v) is 2.68. The summed E-state index contributed by atoms with van der Waals surface area (Å²) in [7, 11) is 0. The molecule has 0 saturated heterocycles. The van der Waals surface area contributed by atoms with E-state index in [0.717, 1.165) is 18.2 Å². The molecule has 3 unspecified atom stereocenters. The molecule has 1 aromatic heterocycles. The van der Waals surface area contributed by atoms with Crippen molar-refractivity contribution in [1.82, 2.24) is 9.97 Å². The highest BCUT2D eigenvalue weighted by Crippen LogP contribution is 2.31. The lowest BCUT2D eigenvalue weighted by atomic mass is 9.78. The van der Waals surface area contributed by atoms with Crippen LogP contribution in [0, 0.1) is 11.8 Å². The van der Waals surface area contributed by atoms with Crippen molar-refractivity contribution in [3.05, 3.63) is 12.4 Å². The Morgan fingerprint density at radius 2 is 2.16 bits per heavy atom. The number of nitrogens with one attached hydrogen (secondary N) is 1. The molecule has 1 aliphatic rings. The summed E-state index contributed by atoms with van der Waals surface area (Å²) in [6, 6.07) is 2.42. The summed E-state index contributed by atoms with van der Waals surface area (Å²) in [5.41, 5.74) is 0. The van der Waals surface area contributed by atoms with Crippen molar-refractivity contribution < 1.29 is 4.74 Å². The van der Waals surface area contributed by atoms with Crippen LogP contribution in [0.1, 0.15) is 46.5 Å². The predicted molar refractivity (Wildman–Crippen MR) is 77.4 cm³/mol. The zero-order chi connectivity index (χ0) is 13.7. The largest absolute Gasteiger partial charge is 0.478 e. The van der Waals surface area contributed by atoms with E-state index in [9.17, 15) is 0 Å². The van der Waals surface area contributed by atoms with Gasteiger partial charge in [0.05, 0.1) is 6.61 Å². The number of ether oxygens (including phenoxy) is 1. The molecule has 2 rings (SSSR count). The van der Waals surface area contributed by atoms with E-state index < -0.39 is 0 Å². The van der Waals surface area contributed by atoms with Crippen LogP contribution >= 0.6 is 0 Å². The molecule has 106 valence electrons. The maximum atomic E-state index is 5.54. The Labute approximate surface area is 116 Å². The summed E-state index contributed by atoms with van der Waals surface area (Å²) in [6.07, 6.45) is 6.43. The number of hydrogen-bond donors (Lipinski definition) is 1. The van der Waals surface area contributed by atoms with Gasteiger partial charge in [0.15, 0.2) is 0 Å². The Morgan fingerprint density at radius 3 is 2.95 bits per heavy atom. The van der Waals surface area contributed by atoms with Gasteiger partial charge in [-0.05, 0) is 24.7 Å². The molecule has 1 N–H and O–H groups in total. The highest BCUT2D eigenvalue weighted by atomic mass is 16.5. The molecule has 1 aromatic rings. The first-order valence-electron chi connectivity index (χ1n) is 7.42. The van der Waals surface area contributed by atoms with E-state index in [1.54, 1.807) is 6.33 Å². The van der Waals surface area contributed by atoms with E-state index >= 15 is 0 Å². The van der Waals surface area contributed by atoms with Gasteiger partial charge in [-0.1, -0.05) is 33.6 Å². The quantitative estimate of drug-likeness (QED) is 0.883. The molecule has 0 radical (unpaired) electrons. The minimum absolute atomic E-state index is 0.512. The normalized spacial score (nSPS) is 27.0. The number of anilines is 1. The van der Waals surface area contributed by atoms with Crippen LogP contribution in [0.4, 0.5) is 5.82 Å². The number of rotatable bonds is 5. The minimum atomic E-state index is 0.512. The standard InChI is InChI=1S/C15H25N3O/c1-4-8-19-15-9-14(16-10-17-15)18-13-7-5-6-11(2)12(13)3/h9-13H,4-8H2,1-3H3,(H,16,17,18). The maximum Gasteiger partial charge on any atom is 0.218 e. The lowest BCUT2D eigenvalue weighted by Crippen LogP contribution is -2.35. The molecule has 3 atom stereocenters. The first kappa shape index (κ1) is 14.1. The number of nitrogens with zero attached hydrogens (tertiary/aromatic N) is 2. The Hall–Kier alpha value is -1.32. The summed E-state index contributed by atoms with van der Waals surface area (Å²) in [6.45, 7) is 7.46. The summed E-state index contributed by atoms with van der Waals surface area (Å²) >= 11 is 0. The summed E-state index contributed by atoms with van der Waals surface area (Å²) in [5.74, 6) is 3.01. The van der Waals surface area contributed by atoms with E-state index in [2.05, 4.69) is 36.1 Å². The third-order valence-corrected chi connectivity index (χ3v) is 4.14. The molecule has 4 heteroatoms. The average Bonchev–Trinajstić information content (AvgIpc) is 2.42. The molecule has 1 saturated carbocycles. The molecule has 1 heterocycles. The lowest BCUT2D eigenvalue weighted by molar-refractivity contribution is 0.252. The Morgan fingerprint density at radius 1 is 1.32 bits per heavy atom. The molecule has 0 bridgehead atoms. The monoisotopic (exact) mass is 263 g/mol. The van der Waals surface area contributed by atoms with Gasteiger partial charge >= 0.3 is 0 Å². The Bertz CT molecular complexity index is 397. The van der Waals surface area contributed by atoms with E-state index in [1.807, 2.05) is 6.07 Å². The summed E-state index contributed by atoms with van der Waals surface area (Å²) in [5, 5.41) is 3.55. The zero-order valence-corrected chi connectivity index (χ0v) is 12.2. The van der Waals surface area contributed by atoms with Gasteiger partial charge in [-0.2, -0.15) is 0 Å². The van der Waals surface area contributed by atoms with Crippen LogP contribution in [0.3, 0.4) is 0 Å². The molecule has 1 fully saturated rings. The first-order chi connectivity index (χ1) is 9.20. The van der Waals surface area contributed by atoms with Crippen molar-refractivity contribution >= 4 is 5.82 Å². The fourth-order valence-electron chi connectivity index (χ4n) is 2.68. The zero-order valence-electron chi connectivity index (χ0n) is 12.2. The summed E-state index contributed by atoms with van der Waals surface area (Å²) in [4.78, 5) is 8.43. The van der Waals surface area contributed by atoms with Gasteiger partial charge < -0.3 is 10.1 Å². The van der Waals surface area contributed by atoms with Crippen LogP contribution in [-0.4, -0.2) is 22.6 Å². The topological polar surface area (TPSA) is 47.0 Å². The van der Waals surface area contributed by atoms with Gasteiger partial charge in [-0.3, -0.25) is 0 Å². The fraction of sp³-hybridized carbons (Fsp3) is 0.733. The SMILES string of the molecule is CCCOc1cc(NC2CCCC(C)C2C)ncn1. The smallest absolute Gasteiger partial charge is 0.218 e. The van der Waals surface area contributed by atoms with Crippen molar-refractivity contribution in [1.29, 1.82) is 0 Å². The molecule has 19 heavy (non-hydrogen) atoms. The average molecular weight is 263 g/mol. The Balaban J connectivity index is 1.98. The van der Waals surface area contributed by atoms with Crippen molar-refractivity contribution in [3.8, 4) is 5.88 Å². The van der Waals surface area contributed by atoms with Crippen LogP contribution in [0.25, 0.3) is 0 Å². The minimum Gasteiger partial charge on any atom is -0.478 e. The van der Waals surface area contributed by atoms with Crippen LogP contribution < -0.4 is 10.1 Å². The van der Waals surface area contributed by atoms with Gasteiger partial charge in [0.25, 0.3) is 0 Å². The third kappa shape index (κ3) is 3.82. The van der Waals surface area contributed by atoms with Crippen LogP contribution in [0.5, 0.6) is 5.88 Å². The second-order valence-electron chi connectivity index (χ2n) is 5.61. The van der Waals surface area contributed by atoms with Crippen molar-refractivity contribution in [2.45, 2.75) is 52.5 Å². The van der Waals surface area contributed by atoms with E-state index in [-0.39, 0.29) is 0 Å². The van der Waals surface area contributed by atoms with Crippen molar-refractivity contribution in [2.75, 3.05) is 11.9 Å². The lowest BCUT2D eigenvalue weighted by Gasteiger charge is -2.34. The van der Waals surface area contributed by atoms with Gasteiger partial charge in [0, 0.05) is 12.1 Å². The second kappa shape index (κ2) is 6.73. The molecule has 4 nitrogen and oxygen atoms in total. The van der Waals surface area contributed by atoms with E-state index in [4.69, 9.17) is 4.74 Å².